The van der Waals surface area contributed by atoms with Gasteiger partial charge in [-0.1, -0.05) is 6.92 Å². The van der Waals surface area contributed by atoms with E-state index in [2.05, 4.69) is 13.8 Å². The van der Waals surface area contributed by atoms with Crippen LogP contribution in [0.5, 0.6) is 0 Å². The van der Waals surface area contributed by atoms with Gasteiger partial charge in [0.15, 0.2) is 0 Å². The number of rotatable bonds is 5. The molecule has 3 nitrogen and oxygen atoms in total. The number of aliphatic hydroxyl groups excluding tert-OH is 1. The van der Waals surface area contributed by atoms with E-state index in [4.69, 9.17) is 5.11 Å². The average molecular weight is 217 g/mol. The summed E-state index contributed by atoms with van der Waals surface area (Å²) in [6, 6.07) is 0.309. The molecular weight excluding hydrogens is 198 g/mol. The predicted octanol–water partition coefficient (Wildman–Crippen LogP) is 0.969. The predicted molar refractivity (Wildman–Crippen MR) is 59.4 cm³/mol. The van der Waals surface area contributed by atoms with Crippen LogP contribution in [0.2, 0.25) is 0 Å². The molecule has 1 rings (SSSR count). The van der Waals surface area contributed by atoms with E-state index in [0.29, 0.717) is 12.5 Å². The third-order valence-corrected chi connectivity index (χ3v) is 3.72. The maximum atomic E-state index is 11.6. The molecule has 0 aromatic heterocycles. The minimum Gasteiger partial charge on any atom is -0.396 e. The normalized spacial score (nSPS) is 24.4. The van der Waals surface area contributed by atoms with Crippen LogP contribution in [0.4, 0.5) is 0 Å². The first-order valence-electron chi connectivity index (χ1n) is 5.17. The molecule has 1 amide bonds. The largest absolute Gasteiger partial charge is 0.396 e. The fourth-order valence-electron chi connectivity index (χ4n) is 1.74. The molecule has 1 fully saturated rings. The van der Waals surface area contributed by atoms with Crippen LogP contribution in [0.25, 0.3) is 0 Å². The molecule has 0 aliphatic carbocycles. The van der Waals surface area contributed by atoms with E-state index in [0.717, 1.165) is 18.1 Å². The van der Waals surface area contributed by atoms with E-state index < -0.39 is 0 Å². The highest BCUT2D eigenvalue weighted by atomic mass is 32.2. The SMILES string of the molecule is CCSCC(C)N1CC(CO)CC1=O. The smallest absolute Gasteiger partial charge is 0.223 e. The minimum absolute atomic E-state index is 0.135. The van der Waals surface area contributed by atoms with E-state index in [1.54, 1.807) is 0 Å². The molecule has 1 aliphatic rings. The minimum atomic E-state index is 0.135. The van der Waals surface area contributed by atoms with Gasteiger partial charge in [0.1, 0.15) is 0 Å². The Morgan fingerprint density at radius 3 is 2.93 bits per heavy atom. The lowest BCUT2D eigenvalue weighted by molar-refractivity contribution is -0.129. The topological polar surface area (TPSA) is 40.5 Å². The van der Waals surface area contributed by atoms with Crippen molar-refractivity contribution in [1.29, 1.82) is 0 Å². The number of hydrogen-bond donors (Lipinski definition) is 1. The highest BCUT2D eigenvalue weighted by Gasteiger charge is 2.31. The molecule has 4 heteroatoms. The van der Waals surface area contributed by atoms with Gasteiger partial charge in [-0.3, -0.25) is 4.79 Å². The quantitative estimate of drug-likeness (QED) is 0.746. The zero-order valence-electron chi connectivity index (χ0n) is 8.90. The third kappa shape index (κ3) is 2.89. The summed E-state index contributed by atoms with van der Waals surface area (Å²) < 4.78 is 0. The highest BCUT2D eigenvalue weighted by Crippen LogP contribution is 2.21. The van der Waals surface area contributed by atoms with Crippen molar-refractivity contribution in [3.8, 4) is 0 Å². The Morgan fingerprint density at radius 1 is 1.71 bits per heavy atom. The van der Waals surface area contributed by atoms with E-state index >= 15 is 0 Å². The first-order chi connectivity index (χ1) is 6.69. The molecule has 14 heavy (non-hydrogen) atoms. The summed E-state index contributed by atoms with van der Waals surface area (Å²) in [5.74, 6) is 2.46. The van der Waals surface area contributed by atoms with Crippen LogP contribution in [0, 0.1) is 5.92 Å². The van der Waals surface area contributed by atoms with Crippen molar-refractivity contribution in [2.45, 2.75) is 26.3 Å². The van der Waals surface area contributed by atoms with Gasteiger partial charge < -0.3 is 10.0 Å². The lowest BCUT2D eigenvalue weighted by Crippen LogP contribution is -2.36. The van der Waals surface area contributed by atoms with Gasteiger partial charge >= 0.3 is 0 Å². The second kappa shape index (κ2) is 5.61. The number of amides is 1. The maximum Gasteiger partial charge on any atom is 0.223 e. The molecule has 2 unspecified atom stereocenters. The van der Waals surface area contributed by atoms with Crippen LogP contribution < -0.4 is 0 Å². The summed E-state index contributed by atoms with van der Waals surface area (Å²) in [6.45, 7) is 5.08. The van der Waals surface area contributed by atoms with Gasteiger partial charge in [0.2, 0.25) is 5.91 Å². The van der Waals surface area contributed by atoms with Crippen LogP contribution in [0.1, 0.15) is 20.3 Å². The van der Waals surface area contributed by atoms with Crippen LogP contribution in [-0.2, 0) is 4.79 Å². The van der Waals surface area contributed by atoms with Crippen LogP contribution in [0.15, 0.2) is 0 Å². The molecule has 0 bridgehead atoms. The molecule has 1 heterocycles. The van der Waals surface area contributed by atoms with Crippen LogP contribution >= 0.6 is 11.8 Å². The molecule has 0 radical (unpaired) electrons. The summed E-state index contributed by atoms with van der Waals surface area (Å²) in [7, 11) is 0. The first-order valence-corrected chi connectivity index (χ1v) is 6.32. The Balaban J connectivity index is 2.40. The zero-order valence-corrected chi connectivity index (χ0v) is 9.72. The van der Waals surface area contributed by atoms with Crippen molar-refractivity contribution < 1.29 is 9.90 Å². The van der Waals surface area contributed by atoms with Gasteiger partial charge in [-0.05, 0) is 12.7 Å². The van der Waals surface area contributed by atoms with Crippen molar-refractivity contribution in [3.05, 3.63) is 0 Å². The van der Waals surface area contributed by atoms with E-state index in [1.807, 2.05) is 16.7 Å². The molecule has 82 valence electrons. The standard InChI is InChI=1S/C10H19NO2S/c1-3-14-7-8(2)11-5-9(6-12)4-10(11)13/h8-9,12H,3-7H2,1-2H3. The van der Waals surface area contributed by atoms with Crippen molar-refractivity contribution >= 4 is 17.7 Å². The summed E-state index contributed by atoms with van der Waals surface area (Å²) >= 11 is 1.86. The number of carbonyl (C=O) groups excluding carboxylic acids is 1. The first kappa shape index (κ1) is 11.9. The number of hydrogen-bond acceptors (Lipinski definition) is 3. The van der Waals surface area contributed by atoms with Gasteiger partial charge in [-0.2, -0.15) is 11.8 Å². The summed E-state index contributed by atoms with van der Waals surface area (Å²) in [5, 5.41) is 8.98. The van der Waals surface area contributed by atoms with Gasteiger partial charge in [-0.25, -0.2) is 0 Å². The van der Waals surface area contributed by atoms with Crippen molar-refractivity contribution in [2.75, 3.05) is 24.7 Å². The fraction of sp³-hybridized carbons (Fsp3) is 0.900. The molecule has 1 saturated heterocycles. The molecule has 1 N–H and O–H groups in total. The van der Waals surface area contributed by atoms with Crippen molar-refractivity contribution in [2.24, 2.45) is 5.92 Å². The Morgan fingerprint density at radius 2 is 2.43 bits per heavy atom. The zero-order chi connectivity index (χ0) is 10.6. The van der Waals surface area contributed by atoms with Crippen LogP contribution in [0.3, 0.4) is 0 Å². The van der Waals surface area contributed by atoms with Gasteiger partial charge in [-0.15, -0.1) is 0 Å². The van der Waals surface area contributed by atoms with Gasteiger partial charge in [0, 0.05) is 37.3 Å². The second-order valence-corrected chi connectivity index (χ2v) is 5.13. The molecule has 0 aromatic carbocycles. The number of nitrogens with zero attached hydrogens (tertiary/aromatic N) is 1. The number of thioether (sulfide) groups is 1. The molecule has 0 saturated carbocycles. The number of aliphatic hydroxyl groups is 1. The maximum absolute atomic E-state index is 11.6. The molecular formula is C10H19NO2S. The van der Waals surface area contributed by atoms with E-state index in [1.165, 1.54) is 0 Å². The Hall–Kier alpha value is -0.220. The second-order valence-electron chi connectivity index (χ2n) is 3.81. The summed E-state index contributed by atoms with van der Waals surface area (Å²) in [4.78, 5) is 13.5. The summed E-state index contributed by atoms with van der Waals surface area (Å²) in [5.41, 5.74) is 0. The lowest BCUT2D eigenvalue weighted by atomic mass is 10.1. The van der Waals surface area contributed by atoms with Crippen molar-refractivity contribution in [1.82, 2.24) is 4.90 Å². The monoisotopic (exact) mass is 217 g/mol. The van der Waals surface area contributed by atoms with E-state index in [9.17, 15) is 4.79 Å². The Kier molecular flexibility index (Phi) is 4.75. The highest BCUT2D eigenvalue weighted by molar-refractivity contribution is 7.99. The van der Waals surface area contributed by atoms with Gasteiger partial charge in [0.05, 0.1) is 0 Å². The fourth-order valence-corrected chi connectivity index (χ4v) is 2.49. The number of carbonyl (C=O) groups is 1. The van der Waals surface area contributed by atoms with E-state index in [-0.39, 0.29) is 18.4 Å². The Labute approximate surface area is 89.9 Å². The molecule has 2 atom stereocenters. The molecule has 1 aliphatic heterocycles. The Bertz CT molecular complexity index is 199. The summed E-state index contributed by atoms with van der Waals surface area (Å²) in [6.07, 6.45) is 0.525. The van der Waals surface area contributed by atoms with Crippen molar-refractivity contribution in [3.63, 3.8) is 0 Å². The molecule has 0 aromatic rings. The third-order valence-electron chi connectivity index (χ3n) is 2.59. The lowest BCUT2D eigenvalue weighted by Gasteiger charge is -2.24. The average Bonchev–Trinajstić information content (AvgIpc) is 2.56. The van der Waals surface area contributed by atoms with Crippen LogP contribution in [-0.4, -0.2) is 46.6 Å². The number of likely N-dealkylation sites (tertiary alicyclic amines) is 1. The van der Waals surface area contributed by atoms with Gasteiger partial charge in [0.25, 0.3) is 0 Å². The molecule has 0 spiro atoms.